The highest BCUT2D eigenvalue weighted by Gasteiger charge is 2.26. The molecular formula is C21H30N6O. The van der Waals surface area contributed by atoms with E-state index >= 15 is 0 Å². The van der Waals surface area contributed by atoms with E-state index < -0.39 is 0 Å². The molecule has 7 nitrogen and oxygen atoms in total. The second-order valence-corrected chi connectivity index (χ2v) is 7.55. The van der Waals surface area contributed by atoms with Crippen molar-refractivity contribution in [3.63, 3.8) is 0 Å². The van der Waals surface area contributed by atoms with Crippen molar-refractivity contribution in [1.29, 1.82) is 0 Å². The van der Waals surface area contributed by atoms with Crippen molar-refractivity contribution in [1.82, 2.24) is 20.0 Å². The van der Waals surface area contributed by atoms with E-state index in [2.05, 4.69) is 55.7 Å². The van der Waals surface area contributed by atoms with Crippen LogP contribution in [0.25, 0.3) is 0 Å². The standard InChI is InChI=1S/C21H30N6O/c1-22-21(27-8-7-18(16-27)19-14-24-25(2)15-19)23-13-17-3-5-20(6-4-17)26-9-11-28-12-10-26/h3-6,14-15,18H,7-13,16H2,1-2H3,(H,22,23). The summed E-state index contributed by atoms with van der Waals surface area (Å²) < 4.78 is 7.31. The molecule has 4 rings (SSSR count). The van der Waals surface area contributed by atoms with Crippen LogP contribution in [0.3, 0.4) is 0 Å². The van der Waals surface area contributed by atoms with Crippen molar-refractivity contribution < 1.29 is 4.74 Å². The zero-order valence-corrected chi connectivity index (χ0v) is 16.8. The largest absolute Gasteiger partial charge is 0.378 e. The molecule has 7 heteroatoms. The molecule has 1 N–H and O–H groups in total. The fraction of sp³-hybridized carbons (Fsp3) is 0.524. The van der Waals surface area contributed by atoms with Crippen LogP contribution < -0.4 is 10.2 Å². The van der Waals surface area contributed by atoms with E-state index in [-0.39, 0.29) is 0 Å². The lowest BCUT2D eigenvalue weighted by Crippen LogP contribution is -2.39. The summed E-state index contributed by atoms with van der Waals surface area (Å²) in [6, 6.07) is 8.82. The van der Waals surface area contributed by atoms with Crippen LogP contribution in [0, 0.1) is 0 Å². The van der Waals surface area contributed by atoms with Crippen LogP contribution in [-0.4, -0.2) is 67.1 Å². The highest BCUT2D eigenvalue weighted by atomic mass is 16.5. The number of aliphatic imine (C=N–C) groups is 1. The van der Waals surface area contributed by atoms with Crippen LogP contribution in [0.4, 0.5) is 5.69 Å². The molecule has 1 aromatic heterocycles. The number of anilines is 1. The molecule has 2 aromatic rings. The maximum atomic E-state index is 5.43. The predicted molar refractivity (Wildman–Crippen MR) is 112 cm³/mol. The van der Waals surface area contributed by atoms with Gasteiger partial charge in [0.15, 0.2) is 5.96 Å². The third-order valence-corrected chi connectivity index (χ3v) is 5.66. The number of likely N-dealkylation sites (tertiary alicyclic amines) is 1. The van der Waals surface area contributed by atoms with Crippen molar-refractivity contribution in [2.75, 3.05) is 51.3 Å². The number of hydrogen-bond acceptors (Lipinski definition) is 4. The van der Waals surface area contributed by atoms with Crippen LogP contribution in [0.2, 0.25) is 0 Å². The molecule has 3 heterocycles. The van der Waals surface area contributed by atoms with Gasteiger partial charge >= 0.3 is 0 Å². The summed E-state index contributed by atoms with van der Waals surface area (Å²) in [4.78, 5) is 9.22. The molecule has 0 bridgehead atoms. The summed E-state index contributed by atoms with van der Waals surface area (Å²) >= 11 is 0. The molecule has 2 aliphatic heterocycles. The Bertz CT molecular complexity index is 793. The number of hydrogen-bond donors (Lipinski definition) is 1. The summed E-state index contributed by atoms with van der Waals surface area (Å²) in [5.74, 6) is 1.50. The van der Waals surface area contributed by atoms with Gasteiger partial charge in [-0.05, 0) is 29.7 Å². The first-order valence-electron chi connectivity index (χ1n) is 10.1. The Morgan fingerprint density at radius 3 is 2.68 bits per heavy atom. The number of ether oxygens (including phenoxy) is 1. The minimum Gasteiger partial charge on any atom is -0.378 e. The quantitative estimate of drug-likeness (QED) is 0.646. The van der Waals surface area contributed by atoms with E-state index in [0.29, 0.717) is 5.92 Å². The molecule has 0 radical (unpaired) electrons. The Hall–Kier alpha value is -2.54. The van der Waals surface area contributed by atoms with Gasteiger partial charge in [-0.15, -0.1) is 0 Å². The van der Waals surface area contributed by atoms with E-state index in [1.807, 2.05) is 25.0 Å². The molecule has 0 amide bonds. The molecule has 2 saturated heterocycles. The average Bonchev–Trinajstić information content (AvgIpc) is 3.39. The third kappa shape index (κ3) is 4.30. The minimum absolute atomic E-state index is 0.528. The van der Waals surface area contributed by atoms with Crippen molar-refractivity contribution in [3.8, 4) is 0 Å². The summed E-state index contributed by atoms with van der Waals surface area (Å²) in [5.41, 5.74) is 3.86. The Labute approximate surface area is 167 Å². The van der Waals surface area contributed by atoms with Crippen molar-refractivity contribution in [2.24, 2.45) is 12.0 Å². The number of morpholine rings is 1. The highest BCUT2D eigenvalue weighted by Crippen LogP contribution is 2.26. The van der Waals surface area contributed by atoms with Gasteiger partial charge in [0.2, 0.25) is 0 Å². The topological polar surface area (TPSA) is 57.9 Å². The average molecular weight is 383 g/mol. The van der Waals surface area contributed by atoms with Crippen LogP contribution in [-0.2, 0) is 18.3 Å². The zero-order chi connectivity index (χ0) is 19.3. The van der Waals surface area contributed by atoms with Crippen molar-refractivity contribution in [3.05, 3.63) is 47.8 Å². The monoisotopic (exact) mass is 382 g/mol. The first kappa shape index (κ1) is 18.8. The number of benzene rings is 1. The maximum Gasteiger partial charge on any atom is 0.193 e. The van der Waals surface area contributed by atoms with Gasteiger partial charge < -0.3 is 19.9 Å². The van der Waals surface area contributed by atoms with Gasteiger partial charge in [-0.1, -0.05) is 12.1 Å². The molecule has 1 unspecified atom stereocenters. The summed E-state index contributed by atoms with van der Waals surface area (Å²) in [6.45, 7) is 6.36. The summed E-state index contributed by atoms with van der Waals surface area (Å²) in [5, 5.41) is 7.84. The van der Waals surface area contributed by atoms with E-state index in [1.54, 1.807) is 0 Å². The summed E-state index contributed by atoms with van der Waals surface area (Å²) in [6.07, 6.45) is 5.25. The fourth-order valence-corrected chi connectivity index (χ4v) is 4.04. The van der Waals surface area contributed by atoms with Crippen LogP contribution in [0.15, 0.2) is 41.7 Å². The first-order valence-corrected chi connectivity index (χ1v) is 10.1. The van der Waals surface area contributed by atoms with E-state index in [0.717, 1.165) is 58.3 Å². The molecule has 1 atom stereocenters. The fourth-order valence-electron chi connectivity index (χ4n) is 4.04. The Morgan fingerprint density at radius 2 is 2.00 bits per heavy atom. The van der Waals surface area contributed by atoms with Crippen LogP contribution in [0.1, 0.15) is 23.5 Å². The predicted octanol–water partition coefficient (Wildman–Crippen LogP) is 1.82. The smallest absolute Gasteiger partial charge is 0.193 e. The van der Waals surface area contributed by atoms with Crippen LogP contribution >= 0.6 is 0 Å². The van der Waals surface area contributed by atoms with Gasteiger partial charge in [-0.25, -0.2) is 0 Å². The van der Waals surface area contributed by atoms with Crippen molar-refractivity contribution >= 4 is 11.6 Å². The third-order valence-electron chi connectivity index (χ3n) is 5.66. The van der Waals surface area contributed by atoms with Gasteiger partial charge in [-0.2, -0.15) is 5.10 Å². The molecule has 0 saturated carbocycles. The second-order valence-electron chi connectivity index (χ2n) is 7.55. The first-order chi connectivity index (χ1) is 13.7. The Balaban J connectivity index is 1.31. The molecule has 0 spiro atoms. The lowest BCUT2D eigenvalue weighted by atomic mass is 10.0. The van der Waals surface area contributed by atoms with Gasteiger partial charge in [0.05, 0.1) is 19.4 Å². The van der Waals surface area contributed by atoms with Crippen molar-refractivity contribution in [2.45, 2.75) is 18.9 Å². The molecule has 0 aliphatic carbocycles. The number of aromatic nitrogens is 2. The molecule has 150 valence electrons. The van der Waals surface area contributed by atoms with Gasteiger partial charge in [0.25, 0.3) is 0 Å². The van der Waals surface area contributed by atoms with E-state index in [9.17, 15) is 0 Å². The minimum atomic E-state index is 0.528. The number of guanidine groups is 1. The maximum absolute atomic E-state index is 5.43. The molecule has 28 heavy (non-hydrogen) atoms. The Morgan fingerprint density at radius 1 is 1.21 bits per heavy atom. The molecule has 2 fully saturated rings. The highest BCUT2D eigenvalue weighted by molar-refractivity contribution is 5.80. The molecule has 2 aliphatic rings. The number of nitrogens with one attached hydrogen (secondary N) is 1. The Kier molecular flexibility index (Phi) is 5.81. The molecule has 1 aromatic carbocycles. The van der Waals surface area contributed by atoms with Crippen LogP contribution in [0.5, 0.6) is 0 Å². The van der Waals surface area contributed by atoms with E-state index in [1.165, 1.54) is 16.8 Å². The van der Waals surface area contributed by atoms with Gasteiger partial charge in [0.1, 0.15) is 0 Å². The summed E-state index contributed by atoms with van der Waals surface area (Å²) in [7, 11) is 3.84. The van der Waals surface area contributed by atoms with Gasteiger partial charge in [0, 0.05) is 64.6 Å². The number of rotatable bonds is 4. The zero-order valence-electron chi connectivity index (χ0n) is 16.8. The number of aryl methyl sites for hydroxylation is 1. The second kappa shape index (κ2) is 8.65. The normalized spacial score (nSPS) is 20.6. The SMILES string of the molecule is CN=C(NCc1ccc(N2CCOCC2)cc1)N1CCC(c2cnn(C)c2)C1. The lowest BCUT2D eigenvalue weighted by Gasteiger charge is -2.29. The lowest BCUT2D eigenvalue weighted by molar-refractivity contribution is 0.122. The number of nitrogens with zero attached hydrogens (tertiary/aromatic N) is 5. The van der Waals surface area contributed by atoms with E-state index in [4.69, 9.17) is 4.74 Å². The molecular weight excluding hydrogens is 352 g/mol. The van der Waals surface area contributed by atoms with Gasteiger partial charge in [-0.3, -0.25) is 9.67 Å².